The summed E-state index contributed by atoms with van der Waals surface area (Å²) >= 11 is 1.39. The van der Waals surface area contributed by atoms with Crippen molar-refractivity contribution in [3.8, 4) is 10.6 Å². The van der Waals surface area contributed by atoms with Crippen molar-refractivity contribution in [3.63, 3.8) is 0 Å². The number of aliphatic carboxylic acids is 1. The zero-order chi connectivity index (χ0) is 19.2. The number of aromatic nitrogens is 1. The topological polar surface area (TPSA) is 53.4 Å². The lowest BCUT2D eigenvalue weighted by molar-refractivity contribution is -0.149. The Morgan fingerprint density at radius 1 is 1.33 bits per heavy atom. The van der Waals surface area contributed by atoms with E-state index in [4.69, 9.17) is 0 Å². The number of halogens is 3. The first-order valence-electron chi connectivity index (χ1n) is 8.86. The molecule has 1 saturated heterocycles. The van der Waals surface area contributed by atoms with E-state index < -0.39 is 23.1 Å². The van der Waals surface area contributed by atoms with Gasteiger partial charge in [0.2, 0.25) is 0 Å². The van der Waals surface area contributed by atoms with E-state index in [1.165, 1.54) is 23.5 Å². The van der Waals surface area contributed by atoms with Gasteiger partial charge in [-0.3, -0.25) is 9.69 Å². The molecule has 1 aromatic heterocycles. The second-order valence-corrected chi connectivity index (χ2v) is 8.30. The number of rotatable bonds is 4. The Morgan fingerprint density at radius 2 is 2.07 bits per heavy atom. The average molecular weight is 396 g/mol. The zero-order valence-corrected chi connectivity index (χ0v) is 15.3. The van der Waals surface area contributed by atoms with Crippen LogP contribution in [-0.2, 0) is 17.5 Å². The number of benzene rings is 1. The van der Waals surface area contributed by atoms with Crippen LogP contribution in [0.15, 0.2) is 29.6 Å². The van der Waals surface area contributed by atoms with Crippen molar-refractivity contribution >= 4 is 17.3 Å². The molecule has 0 amide bonds. The molecule has 4 rings (SSSR count). The Bertz CT molecular complexity index is 849. The fourth-order valence-corrected chi connectivity index (χ4v) is 5.22. The summed E-state index contributed by atoms with van der Waals surface area (Å²) in [6.45, 7) is 1.88. The van der Waals surface area contributed by atoms with Gasteiger partial charge in [-0.25, -0.2) is 4.98 Å². The van der Waals surface area contributed by atoms with E-state index in [0.717, 1.165) is 43.6 Å². The Morgan fingerprint density at radius 3 is 2.70 bits per heavy atom. The van der Waals surface area contributed by atoms with Gasteiger partial charge in [-0.15, -0.1) is 11.3 Å². The molecule has 1 aliphatic heterocycles. The molecule has 144 valence electrons. The SMILES string of the molecule is O=C(O)[C@@]12CCC[C@H]1CN(Cc1csc(-c3ccc(C(F)(F)F)cc3)n1)C2. The molecular weight excluding hydrogens is 377 g/mol. The van der Waals surface area contributed by atoms with E-state index in [-0.39, 0.29) is 5.92 Å². The highest BCUT2D eigenvalue weighted by atomic mass is 32.1. The number of hydrogen-bond acceptors (Lipinski definition) is 4. The molecule has 0 spiro atoms. The third-order valence-corrected chi connectivity index (χ3v) is 6.70. The number of carboxylic acids is 1. The zero-order valence-electron chi connectivity index (χ0n) is 14.5. The number of hydrogen-bond donors (Lipinski definition) is 1. The summed E-state index contributed by atoms with van der Waals surface area (Å²) < 4.78 is 38.0. The van der Waals surface area contributed by atoms with Crippen LogP contribution in [0.5, 0.6) is 0 Å². The van der Waals surface area contributed by atoms with Crippen LogP contribution in [0.2, 0.25) is 0 Å². The molecule has 1 aromatic carbocycles. The average Bonchev–Trinajstić information content (AvgIpc) is 3.29. The van der Waals surface area contributed by atoms with Gasteiger partial charge in [0.1, 0.15) is 5.01 Å². The highest BCUT2D eigenvalue weighted by Gasteiger charge is 2.54. The molecular formula is C19H19F3N2O2S. The summed E-state index contributed by atoms with van der Waals surface area (Å²) in [6, 6.07) is 5.00. The first kappa shape index (κ1) is 18.4. The predicted molar refractivity (Wildman–Crippen MR) is 95.2 cm³/mol. The van der Waals surface area contributed by atoms with Crippen molar-refractivity contribution < 1.29 is 23.1 Å². The maximum atomic E-state index is 12.7. The van der Waals surface area contributed by atoms with Crippen LogP contribution < -0.4 is 0 Å². The van der Waals surface area contributed by atoms with Crippen LogP contribution in [0.1, 0.15) is 30.5 Å². The molecule has 1 aliphatic carbocycles. The van der Waals surface area contributed by atoms with Crippen LogP contribution in [0, 0.1) is 11.3 Å². The van der Waals surface area contributed by atoms with E-state index in [1.807, 2.05) is 5.38 Å². The first-order chi connectivity index (χ1) is 12.8. The van der Waals surface area contributed by atoms with Gasteiger partial charge in [0.05, 0.1) is 16.7 Å². The second kappa shape index (κ2) is 6.60. The molecule has 2 aliphatic rings. The monoisotopic (exact) mass is 396 g/mol. The standard InChI is InChI=1S/C19H19F3N2O2S/c20-19(21,22)13-5-3-12(4-6-13)16-23-15(10-27-16)9-24-8-14-2-1-7-18(14,11-24)17(25)26/h3-6,10,14H,1-2,7-9,11H2,(H,25,26)/t14-,18+/m0/s1. The Labute approximate surface area is 158 Å². The van der Waals surface area contributed by atoms with Crippen LogP contribution in [0.4, 0.5) is 13.2 Å². The minimum absolute atomic E-state index is 0.197. The molecule has 0 unspecified atom stereocenters. The maximum absolute atomic E-state index is 12.7. The molecule has 0 radical (unpaired) electrons. The summed E-state index contributed by atoms with van der Waals surface area (Å²) in [5, 5.41) is 12.2. The number of fused-ring (bicyclic) bond motifs is 1. The lowest BCUT2D eigenvalue weighted by Gasteiger charge is -2.23. The van der Waals surface area contributed by atoms with Crippen molar-refractivity contribution in [2.24, 2.45) is 11.3 Å². The largest absolute Gasteiger partial charge is 0.481 e. The van der Waals surface area contributed by atoms with Gasteiger partial charge < -0.3 is 5.11 Å². The molecule has 4 nitrogen and oxygen atoms in total. The Hall–Kier alpha value is -1.93. The van der Waals surface area contributed by atoms with Gasteiger partial charge in [0.15, 0.2) is 0 Å². The first-order valence-corrected chi connectivity index (χ1v) is 9.74. The molecule has 2 atom stereocenters. The minimum Gasteiger partial charge on any atom is -0.481 e. The number of thiazole rings is 1. The van der Waals surface area contributed by atoms with Crippen LogP contribution in [0.25, 0.3) is 10.6 Å². The predicted octanol–water partition coefficient (Wildman–Crippen LogP) is 4.52. The van der Waals surface area contributed by atoms with Gasteiger partial charge in [-0.1, -0.05) is 18.6 Å². The highest BCUT2D eigenvalue weighted by Crippen LogP contribution is 2.49. The van der Waals surface area contributed by atoms with E-state index in [2.05, 4.69) is 9.88 Å². The molecule has 8 heteroatoms. The van der Waals surface area contributed by atoms with Crippen LogP contribution >= 0.6 is 11.3 Å². The fraction of sp³-hybridized carbons (Fsp3) is 0.474. The minimum atomic E-state index is -4.35. The second-order valence-electron chi connectivity index (χ2n) is 7.44. The fourth-order valence-electron chi connectivity index (χ4n) is 4.41. The quantitative estimate of drug-likeness (QED) is 0.826. The molecule has 2 aromatic rings. The van der Waals surface area contributed by atoms with Crippen molar-refractivity contribution in [2.75, 3.05) is 13.1 Å². The maximum Gasteiger partial charge on any atom is 0.416 e. The summed E-state index contributed by atoms with van der Waals surface area (Å²) in [5.74, 6) is -0.501. The van der Waals surface area contributed by atoms with Crippen molar-refractivity contribution in [1.29, 1.82) is 0 Å². The molecule has 2 fully saturated rings. The summed E-state index contributed by atoms with van der Waals surface area (Å²) in [6.07, 6.45) is -1.69. The Balaban J connectivity index is 1.46. The summed E-state index contributed by atoms with van der Waals surface area (Å²) in [7, 11) is 0. The van der Waals surface area contributed by atoms with Gasteiger partial charge in [0, 0.05) is 30.6 Å². The van der Waals surface area contributed by atoms with Crippen molar-refractivity contribution in [1.82, 2.24) is 9.88 Å². The van der Waals surface area contributed by atoms with E-state index in [0.29, 0.717) is 23.7 Å². The molecule has 1 N–H and O–H groups in total. The lowest BCUT2D eigenvalue weighted by atomic mass is 9.81. The van der Waals surface area contributed by atoms with E-state index in [9.17, 15) is 23.1 Å². The van der Waals surface area contributed by atoms with Gasteiger partial charge >= 0.3 is 12.1 Å². The highest BCUT2D eigenvalue weighted by molar-refractivity contribution is 7.13. The summed E-state index contributed by atoms with van der Waals surface area (Å²) in [5.41, 5.74) is 0.187. The normalized spacial score (nSPS) is 25.7. The molecule has 27 heavy (non-hydrogen) atoms. The van der Waals surface area contributed by atoms with E-state index in [1.54, 1.807) is 0 Å². The summed E-state index contributed by atoms with van der Waals surface area (Å²) in [4.78, 5) is 18.5. The van der Waals surface area contributed by atoms with Crippen LogP contribution in [0.3, 0.4) is 0 Å². The van der Waals surface area contributed by atoms with Gasteiger partial charge in [-0.05, 0) is 30.9 Å². The number of nitrogens with zero attached hydrogens (tertiary/aromatic N) is 2. The number of carbonyl (C=O) groups is 1. The van der Waals surface area contributed by atoms with Gasteiger partial charge in [0.25, 0.3) is 0 Å². The van der Waals surface area contributed by atoms with Crippen molar-refractivity contribution in [2.45, 2.75) is 32.0 Å². The molecule has 1 saturated carbocycles. The molecule has 2 heterocycles. The van der Waals surface area contributed by atoms with Crippen LogP contribution in [-0.4, -0.2) is 34.0 Å². The third-order valence-electron chi connectivity index (χ3n) is 5.76. The number of alkyl halides is 3. The van der Waals surface area contributed by atoms with Crippen molar-refractivity contribution in [3.05, 3.63) is 40.9 Å². The molecule has 0 bridgehead atoms. The lowest BCUT2D eigenvalue weighted by Crippen LogP contribution is -2.35. The smallest absolute Gasteiger partial charge is 0.416 e. The van der Waals surface area contributed by atoms with E-state index >= 15 is 0 Å². The van der Waals surface area contributed by atoms with Gasteiger partial charge in [-0.2, -0.15) is 13.2 Å². The third kappa shape index (κ3) is 3.36. The Kier molecular flexibility index (Phi) is 4.50. The number of likely N-dealkylation sites (tertiary alicyclic amines) is 1. The number of carboxylic acid groups (broad SMARTS) is 1.